The minimum Gasteiger partial charge on any atom is -0.384 e. The Hall–Kier alpha value is -0.880. The molecule has 0 aliphatic carbocycles. The lowest BCUT2D eigenvalue weighted by atomic mass is 10.1. The van der Waals surface area contributed by atoms with Crippen LogP contribution in [-0.2, 0) is 4.74 Å². The number of aromatic nitrogens is 2. The van der Waals surface area contributed by atoms with Gasteiger partial charge in [-0.2, -0.15) is 4.98 Å². The number of hydrogen-bond acceptors (Lipinski definition) is 5. The van der Waals surface area contributed by atoms with E-state index in [1.54, 1.807) is 7.11 Å². The average Bonchev–Trinajstić information content (AvgIpc) is 2.81. The van der Waals surface area contributed by atoms with Crippen molar-refractivity contribution >= 4 is 27.7 Å². The summed E-state index contributed by atoms with van der Waals surface area (Å²) in [6, 6.07) is 0. The molecular formula is C12H19BrN4O. The topological polar surface area (TPSA) is 50.3 Å². The normalized spacial score (nSPS) is 19.3. The molecule has 6 heteroatoms. The van der Waals surface area contributed by atoms with E-state index in [0.29, 0.717) is 11.9 Å². The summed E-state index contributed by atoms with van der Waals surface area (Å²) < 4.78 is 6.17. The minimum absolute atomic E-state index is 0.597. The highest BCUT2D eigenvalue weighted by Crippen LogP contribution is 2.29. The van der Waals surface area contributed by atoms with Crippen molar-refractivity contribution in [3.05, 3.63) is 10.7 Å². The van der Waals surface area contributed by atoms with Gasteiger partial charge in [0, 0.05) is 38.9 Å². The summed E-state index contributed by atoms with van der Waals surface area (Å²) >= 11 is 3.52. The smallest absolute Gasteiger partial charge is 0.224 e. The highest BCUT2D eigenvalue weighted by molar-refractivity contribution is 9.10. The van der Waals surface area contributed by atoms with Gasteiger partial charge in [-0.3, -0.25) is 0 Å². The van der Waals surface area contributed by atoms with Crippen molar-refractivity contribution in [3.63, 3.8) is 0 Å². The van der Waals surface area contributed by atoms with Crippen molar-refractivity contribution in [1.29, 1.82) is 0 Å². The van der Waals surface area contributed by atoms with E-state index in [2.05, 4.69) is 36.1 Å². The Labute approximate surface area is 116 Å². The van der Waals surface area contributed by atoms with Crippen LogP contribution in [0.1, 0.15) is 13.3 Å². The number of hydrogen-bond donors (Lipinski definition) is 1. The van der Waals surface area contributed by atoms with E-state index in [9.17, 15) is 0 Å². The summed E-state index contributed by atoms with van der Waals surface area (Å²) in [6.07, 6.45) is 2.96. The summed E-state index contributed by atoms with van der Waals surface area (Å²) in [5.41, 5.74) is 0. The summed E-state index contributed by atoms with van der Waals surface area (Å²) in [4.78, 5) is 11.1. The second-order valence-electron chi connectivity index (χ2n) is 4.45. The molecule has 1 aromatic heterocycles. The van der Waals surface area contributed by atoms with Gasteiger partial charge in [-0.1, -0.05) is 0 Å². The van der Waals surface area contributed by atoms with Crippen molar-refractivity contribution in [1.82, 2.24) is 9.97 Å². The molecular weight excluding hydrogens is 296 g/mol. The number of nitrogens with zero attached hydrogens (tertiary/aromatic N) is 3. The fourth-order valence-electron chi connectivity index (χ4n) is 2.22. The first-order valence-electron chi connectivity index (χ1n) is 6.25. The van der Waals surface area contributed by atoms with Crippen LogP contribution in [0.2, 0.25) is 0 Å². The maximum atomic E-state index is 5.22. The average molecular weight is 315 g/mol. The van der Waals surface area contributed by atoms with Crippen LogP contribution in [0.15, 0.2) is 10.7 Å². The van der Waals surface area contributed by atoms with Gasteiger partial charge in [0.05, 0.1) is 11.1 Å². The number of halogens is 1. The molecule has 1 aliphatic rings. The monoisotopic (exact) mass is 314 g/mol. The number of anilines is 2. The third kappa shape index (κ3) is 3.11. The lowest BCUT2D eigenvalue weighted by Gasteiger charge is -2.19. The molecule has 1 N–H and O–H groups in total. The van der Waals surface area contributed by atoms with Crippen molar-refractivity contribution in [2.45, 2.75) is 13.3 Å². The molecule has 0 spiro atoms. The summed E-state index contributed by atoms with van der Waals surface area (Å²) in [6.45, 7) is 5.70. The van der Waals surface area contributed by atoms with Gasteiger partial charge < -0.3 is 15.0 Å². The Kier molecular flexibility index (Phi) is 4.77. The van der Waals surface area contributed by atoms with Gasteiger partial charge in [0.25, 0.3) is 0 Å². The Bertz CT molecular complexity index is 402. The molecule has 18 heavy (non-hydrogen) atoms. The van der Waals surface area contributed by atoms with Gasteiger partial charge in [0.1, 0.15) is 5.82 Å². The van der Waals surface area contributed by atoms with Gasteiger partial charge in [-0.15, -0.1) is 0 Å². The number of rotatable bonds is 5. The fraction of sp³-hybridized carbons (Fsp3) is 0.667. The van der Waals surface area contributed by atoms with Gasteiger partial charge >= 0.3 is 0 Å². The summed E-state index contributed by atoms with van der Waals surface area (Å²) in [7, 11) is 1.76. The molecule has 0 saturated carbocycles. The summed E-state index contributed by atoms with van der Waals surface area (Å²) in [5, 5.41) is 3.14. The molecule has 0 radical (unpaired) electrons. The Morgan fingerprint density at radius 2 is 2.44 bits per heavy atom. The van der Waals surface area contributed by atoms with Crippen LogP contribution in [-0.4, -0.2) is 43.3 Å². The molecule has 5 nitrogen and oxygen atoms in total. The van der Waals surface area contributed by atoms with E-state index < -0.39 is 0 Å². The van der Waals surface area contributed by atoms with Crippen molar-refractivity contribution in [3.8, 4) is 0 Å². The maximum Gasteiger partial charge on any atom is 0.224 e. The van der Waals surface area contributed by atoms with E-state index >= 15 is 0 Å². The van der Waals surface area contributed by atoms with Crippen LogP contribution in [0, 0.1) is 5.92 Å². The van der Waals surface area contributed by atoms with Crippen molar-refractivity contribution in [2.24, 2.45) is 5.92 Å². The zero-order chi connectivity index (χ0) is 13.0. The minimum atomic E-state index is 0.597. The molecule has 1 atom stereocenters. The third-order valence-electron chi connectivity index (χ3n) is 3.05. The van der Waals surface area contributed by atoms with Crippen LogP contribution in [0.3, 0.4) is 0 Å². The third-order valence-corrected chi connectivity index (χ3v) is 3.61. The van der Waals surface area contributed by atoms with E-state index in [0.717, 1.165) is 43.0 Å². The van der Waals surface area contributed by atoms with Crippen molar-refractivity contribution < 1.29 is 4.74 Å². The SMILES string of the molecule is CCNc1ncc(Br)c(N2CCC(COC)C2)n1. The van der Waals surface area contributed by atoms with Gasteiger partial charge in [-0.05, 0) is 29.3 Å². The lowest BCUT2D eigenvalue weighted by Crippen LogP contribution is -2.23. The zero-order valence-electron chi connectivity index (χ0n) is 10.8. The van der Waals surface area contributed by atoms with E-state index in [-0.39, 0.29) is 0 Å². The molecule has 0 bridgehead atoms. The zero-order valence-corrected chi connectivity index (χ0v) is 12.4. The Balaban J connectivity index is 2.10. The molecule has 2 heterocycles. The van der Waals surface area contributed by atoms with Crippen LogP contribution < -0.4 is 10.2 Å². The Morgan fingerprint density at radius 3 is 3.17 bits per heavy atom. The molecule has 0 aromatic carbocycles. The summed E-state index contributed by atoms with van der Waals surface area (Å²) in [5.74, 6) is 2.25. The van der Waals surface area contributed by atoms with E-state index in [1.165, 1.54) is 0 Å². The molecule has 1 aromatic rings. The number of ether oxygens (including phenoxy) is 1. The van der Waals surface area contributed by atoms with Gasteiger partial charge in [-0.25, -0.2) is 4.98 Å². The fourth-order valence-corrected chi connectivity index (χ4v) is 2.66. The molecule has 1 fully saturated rings. The molecule has 1 saturated heterocycles. The quantitative estimate of drug-likeness (QED) is 0.902. The maximum absolute atomic E-state index is 5.22. The first-order valence-corrected chi connectivity index (χ1v) is 7.04. The van der Waals surface area contributed by atoms with Crippen molar-refractivity contribution in [2.75, 3.05) is 43.6 Å². The predicted molar refractivity (Wildman–Crippen MR) is 76.1 cm³/mol. The second kappa shape index (κ2) is 6.33. The van der Waals surface area contributed by atoms with Crippen LogP contribution in [0.5, 0.6) is 0 Å². The van der Waals surface area contributed by atoms with Crippen LogP contribution in [0.4, 0.5) is 11.8 Å². The molecule has 2 rings (SSSR count). The predicted octanol–water partition coefficient (Wildman–Crippen LogP) is 2.14. The lowest BCUT2D eigenvalue weighted by molar-refractivity contribution is 0.161. The van der Waals surface area contributed by atoms with Gasteiger partial charge in [0.15, 0.2) is 0 Å². The van der Waals surface area contributed by atoms with E-state index in [1.807, 2.05) is 13.1 Å². The number of nitrogens with one attached hydrogen (secondary N) is 1. The van der Waals surface area contributed by atoms with Crippen LogP contribution in [0.25, 0.3) is 0 Å². The highest BCUT2D eigenvalue weighted by atomic mass is 79.9. The first-order chi connectivity index (χ1) is 8.74. The standard InChI is InChI=1S/C12H19BrN4O/c1-3-14-12-15-6-10(13)11(16-12)17-5-4-9(7-17)8-18-2/h6,9H,3-5,7-8H2,1-2H3,(H,14,15,16). The molecule has 0 amide bonds. The van der Waals surface area contributed by atoms with E-state index in [4.69, 9.17) is 4.74 Å². The van der Waals surface area contributed by atoms with Gasteiger partial charge in [0.2, 0.25) is 5.95 Å². The Morgan fingerprint density at radius 1 is 1.61 bits per heavy atom. The molecule has 100 valence electrons. The molecule has 1 aliphatic heterocycles. The number of methoxy groups -OCH3 is 1. The molecule has 1 unspecified atom stereocenters. The highest BCUT2D eigenvalue weighted by Gasteiger charge is 2.25. The largest absolute Gasteiger partial charge is 0.384 e. The first kappa shape index (κ1) is 13.5. The van der Waals surface area contributed by atoms with Crippen LogP contribution >= 0.6 is 15.9 Å². The second-order valence-corrected chi connectivity index (χ2v) is 5.31.